The van der Waals surface area contributed by atoms with Gasteiger partial charge in [-0.15, -0.1) is 13.2 Å². The molecule has 9 heteroatoms. The Labute approximate surface area is 155 Å². The predicted octanol–water partition coefficient (Wildman–Crippen LogP) is 4.88. The second-order valence-corrected chi connectivity index (χ2v) is 5.95. The van der Waals surface area contributed by atoms with E-state index >= 15 is 0 Å². The van der Waals surface area contributed by atoms with Crippen LogP contribution in [0.4, 0.5) is 13.2 Å². The van der Waals surface area contributed by atoms with E-state index in [0.29, 0.717) is 10.5 Å². The summed E-state index contributed by atoms with van der Waals surface area (Å²) in [7, 11) is 0. The first-order valence-electron chi connectivity index (χ1n) is 7.54. The van der Waals surface area contributed by atoms with Gasteiger partial charge in [-0.25, -0.2) is 0 Å². The summed E-state index contributed by atoms with van der Waals surface area (Å²) in [6.07, 6.45) is -4.88. The number of hydrogen-bond acceptors (Lipinski definition) is 4. The van der Waals surface area contributed by atoms with Crippen molar-refractivity contribution in [2.45, 2.75) is 13.3 Å². The molecule has 0 radical (unpaired) electrons. The normalized spacial score (nSPS) is 11.4. The van der Waals surface area contributed by atoms with Gasteiger partial charge < -0.3 is 14.5 Å². The lowest BCUT2D eigenvalue weighted by molar-refractivity contribution is -0.274. The number of hydrogen-bond donors (Lipinski definition) is 1. The molecule has 0 bridgehead atoms. The second-order valence-electron chi connectivity index (χ2n) is 5.51. The smallest absolute Gasteiger partial charge is 0.424 e. The Balaban J connectivity index is 2.12. The number of aromatic amines is 1. The molecule has 0 aliphatic carbocycles. The molecule has 0 saturated carbocycles. The van der Waals surface area contributed by atoms with E-state index < -0.39 is 23.9 Å². The molecule has 0 aliphatic rings. The average molecular weight is 398 g/mol. The van der Waals surface area contributed by atoms with Crippen LogP contribution in [0, 0.1) is 0 Å². The monoisotopic (exact) mass is 397 g/mol. The van der Waals surface area contributed by atoms with Gasteiger partial charge in [0, 0.05) is 22.9 Å². The first-order chi connectivity index (χ1) is 12.6. The molecule has 3 rings (SSSR count). The Hall–Kier alpha value is -3.00. The highest BCUT2D eigenvalue weighted by Gasteiger charge is 2.31. The third-order valence-corrected chi connectivity index (χ3v) is 3.79. The zero-order valence-corrected chi connectivity index (χ0v) is 14.4. The van der Waals surface area contributed by atoms with E-state index in [2.05, 4.69) is 9.72 Å². The lowest BCUT2D eigenvalue weighted by Gasteiger charge is -2.09. The van der Waals surface area contributed by atoms with Gasteiger partial charge in [0.2, 0.25) is 5.78 Å². The number of aromatic nitrogens is 1. The highest BCUT2D eigenvalue weighted by Crippen LogP contribution is 2.35. The van der Waals surface area contributed by atoms with Crippen LogP contribution in [0.5, 0.6) is 11.5 Å². The molecule has 0 spiro atoms. The van der Waals surface area contributed by atoms with Gasteiger partial charge in [0.05, 0.1) is 5.52 Å². The van der Waals surface area contributed by atoms with Crippen LogP contribution in [0.2, 0.25) is 5.02 Å². The van der Waals surface area contributed by atoms with Crippen molar-refractivity contribution in [3.05, 3.63) is 58.7 Å². The quantitative estimate of drug-likeness (QED) is 0.503. The standard InChI is InChI=1S/C18H11ClF3NO4/c1-9(24)26-17-13-8-12(27-18(20,21)22)6-7-14(13)23-15(17)16(25)10-2-4-11(19)5-3-10/h2-8,23H,1H3. The summed E-state index contributed by atoms with van der Waals surface area (Å²) in [6.45, 7) is 1.12. The van der Waals surface area contributed by atoms with Gasteiger partial charge in [0.15, 0.2) is 5.75 Å². The van der Waals surface area contributed by atoms with E-state index in [1.807, 2.05) is 0 Å². The number of alkyl halides is 3. The number of esters is 1. The number of nitrogens with one attached hydrogen (secondary N) is 1. The summed E-state index contributed by atoms with van der Waals surface area (Å²) in [5.41, 5.74) is 0.482. The van der Waals surface area contributed by atoms with E-state index in [1.54, 1.807) is 0 Å². The molecule has 1 N–H and O–H groups in total. The van der Waals surface area contributed by atoms with Crippen LogP contribution in [0.15, 0.2) is 42.5 Å². The van der Waals surface area contributed by atoms with Crippen molar-refractivity contribution in [1.29, 1.82) is 0 Å². The zero-order chi connectivity index (χ0) is 19.8. The van der Waals surface area contributed by atoms with Crippen LogP contribution in [-0.2, 0) is 4.79 Å². The molecule has 0 atom stereocenters. The minimum absolute atomic E-state index is 0.0771. The first kappa shape index (κ1) is 18.8. The third kappa shape index (κ3) is 4.22. The maximum absolute atomic E-state index is 12.8. The molecular formula is C18H11ClF3NO4. The van der Waals surface area contributed by atoms with Crippen molar-refractivity contribution in [2.75, 3.05) is 0 Å². The minimum atomic E-state index is -4.88. The van der Waals surface area contributed by atoms with Crippen LogP contribution in [0.1, 0.15) is 23.0 Å². The first-order valence-corrected chi connectivity index (χ1v) is 7.92. The van der Waals surface area contributed by atoms with Gasteiger partial charge in [-0.3, -0.25) is 9.59 Å². The number of rotatable bonds is 4. The van der Waals surface area contributed by atoms with Gasteiger partial charge in [-0.05, 0) is 42.5 Å². The highest BCUT2D eigenvalue weighted by molar-refractivity contribution is 6.30. The molecule has 5 nitrogen and oxygen atoms in total. The number of fused-ring (bicyclic) bond motifs is 1. The highest BCUT2D eigenvalue weighted by atomic mass is 35.5. The molecular weight excluding hydrogens is 387 g/mol. The second kappa shape index (κ2) is 6.96. The number of halogens is 4. The molecule has 27 heavy (non-hydrogen) atoms. The Morgan fingerprint density at radius 2 is 1.74 bits per heavy atom. The van der Waals surface area contributed by atoms with Gasteiger partial charge in [0.25, 0.3) is 0 Å². The Morgan fingerprint density at radius 3 is 2.33 bits per heavy atom. The number of carbonyl (C=O) groups excluding carboxylic acids is 2. The predicted molar refractivity (Wildman–Crippen MR) is 91.2 cm³/mol. The van der Waals surface area contributed by atoms with Crippen molar-refractivity contribution in [3.63, 3.8) is 0 Å². The average Bonchev–Trinajstić information content (AvgIpc) is 2.91. The summed E-state index contributed by atoms with van der Waals surface area (Å²) in [5.74, 6) is -1.93. The number of benzene rings is 2. The molecule has 0 unspecified atom stereocenters. The van der Waals surface area contributed by atoms with Gasteiger partial charge in [0.1, 0.15) is 11.4 Å². The van der Waals surface area contributed by atoms with Crippen LogP contribution >= 0.6 is 11.6 Å². The van der Waals surface area contributed by atoms with Crippen LogP contribution < -0.4 is 9.47 Å². The number of ether oxygens (including phenoxy) is 2. The molecule has 1 aromatic heterocycles. The Bertz CT molecular complexity index is 1030. The molecule has 140 valence electrons. The maximum atomic E-state index is 12.8. The third-order valence-electron chi connectivity index (χ3n) is 3.54. The summed E-state index contributed by atoms with van der Waals surface area (Å²) in [4.78, 5) is 27.0. The van der Waals surface area contributed by atoms with Crippen LogP contribution in [0.3, 0.4) is 0 Å². The number of ketones is 1. The van der Waals surface area contributed by atoms with Crippen molar-refractivity contribution in [2.24, 2.45) is 0 Å². The summed E-state index contributed by atoms with van der Waals surface area (Å²) >= 11 is 5.80. The van der Waals surface area contributed by atoms with Crippen LogP contribution in [-0.4, -0.2) is 23.1 Å². The topological polar surface area (TPSA) is 68.4 Å². The van der Waals surface area contributed by atoms with Gasteiger partial charge in [-0.2, -0.15) is 0 Å². The molecule has 0 amide bonds. The summed E-state index contributed by atoms with van der Waals surface area (Å²) in [6, 6.07) is 9.40. The molecule has 0 saturated heterocycles. The summed E-state index contributed by atoms with van der Waals surface area (Å²) in [5, 5.41) is 0.529. The summed E-state index contributed by atoms with van der Waals surface area (Å²) < 4.78 is 46.4. The molecule has 3 aromatic rings. The fraction of sp³-hybridized carbons (Fsp3) is 0.111. The molecule has 0 aliphatic heterocycles. The van der Waals surface area contributed by atoms with Crippen molar-refractivity contribution in [3.8, 4) is 11.5 Å². The van der Waals surface area contributed by atoms with Gasteiger partial charge >= 0.3 is 12.3 Å². The zero-order valence-electron chi connectivity index (χ0n) is 13.7. The van der Waals surface area contributed by atoms with Crippen molar-refractivity contribution >= 4 is 34.3 Å². The number of carbonyl (C=O) groups is 2. The Kier molecular flexibility index (Phi) is 4.84. The lowest BCUT2D eigenvalue weighted by Crippen LogP contribution is -2.17. The van der Waals surface area contributed by atoms with E-state index in [-0.39, 0.29) is 22.4 Å². The van der Waals surface area contributed by atoms with Crippen molar-refractivity contribution < 1.29 is 32.2 Å². The lowest BCUT2D eigenvalue weighted by atomic mass is 10.1. The van der Waals surface area contributed by atoms with E-state index in [4.69, 9.17) is 16.3 Å². The SMILES string of the molecule is CC(=O)Oc1c(C(=O)c2ccc(Cl)cc2)[nH]c2ccc(OC(F)(F)F)cc12. The Morgan fingerprint density at radius 1 is 1.07 bits per heavy atom. The number of H-pyrrole nitrogens is 1. The molecule has 2 aromatic carbocycles. The minimum Gasteiger partial charge on any atom is -0.424 e. The molecule has 0 fully saturated rings. The fourth-order valence-electron chi connectivity index (χ4n) is 2.50. The largest absolute Gasteiger partial charge is 0.573 e. The maximum Gasteiger partial charge on any atom is 0.573 e. The van der Waals surface area contributed by atoms with Gasteiger partial charge in [-0.1, -0.05) is 11.6 Å². The van der Waals surface area contributed by atoms with Crippen molar-refractivity contribution in [1.82, 2.24) is 4.98 Å². The molecule has 1 heterocycles. The van der Waals surface area contributed by atoms with E-state index in [1.165, 1.54) is 30.3 Å². The van der Waals surface area contributed by atoms with E-state index in [9.17, 15) is 22.8 Å². The van der Waals surface area contributed by atoms with Crippen LogP contribution in [0.25, 0.3) is 10.9 Å². The van der Waals surface area contributed by atoms with E-state index in [0.717, 1.165) is 19.1 Å². The fourth-order valence-corrected chi connectivity index (χ4v) is 2.62.